The number of furan rings is 1. The molecule has 0 aliphatic carbocycles. The van der Waals surface area contributed by atoms with E-state index in [2.05, 4.69) is 9.97 Å². The number of benzene rings is 1. The summed E-state index contributed by atoms with van der Waals surface area (Å²) >= 11 is 0. The molecule has 0 aliphatic rings. The third kappa shape index (κ3) is 2.18. The second kappa shape index (κ2) is 4.53. The molecule has 2 heterocycles. The lowest BCUT2D eigenvalue weighted by molar-refractivity contribution is -0.136. The smallest absolute Gasteiger partial charge is 0.309 e. The van der Waals surface area contributed by atoms with Gasteiger partial charge in [-0.15, -0.1) is 0 Å². The Kier molecular flexibility index (Phi) is 2.72. The van der Waals surface area contributed by atoms with E-state index in [1.54, 1.807) is 12.5 Å². The molecule has 0 bridgehead atoms. The number of nitrogens with zero attached hydrogens (tertiary/aromatic N) is 2. The van der Waals surface area contributed by atoms with Crippen molar-refractivity contribution in [2.24, 2.45) is 0 Å². The van der Waals surface area contributed by atoms with Gasteiger partial charge < -0.3 is 9.52 Å². The van der Waals surface area contributed by atoms with Crippen LogP contribution in [0.1, 0.15) is 5.69 Å². The van der Waals surface area contributed by atoms with Crippen LogP contribution in [-0.4, -0.2) is 21.0 Å². The standard InChI is InChI=1S/C14H10N2O3/c17-14(18)5-9-6-15-7-12(16-9)11-8-19-13-4-2-1-3-10(11)13/h1-4,6-8H,5H2,(H,17,18). The molecule has 1 aromatic carbocycles. The fourth-order valence-electron chi connectivity index (χ4n) is 1.95. The molecule has 3 aromatic rings. The first-order valence-corrected chi connectivity index (χ1v) is 5.73. The molecular weight excluding hydrogens is 244 g/mol. The van der Waals surface area contributed by atoms with Crippen LogP contribution < -0.4 is 0 Å². The van der Waals surface area contributed by atoms with Crippen LogP contribution in [0.15, 0.2) is 47.3 Å². The number of para-hydroxylation sites is 1. The van der Waals surface area contributed by atoms with Gasteiger partial charge in [-0.3, -0.25) is 9.78 Å². The number of hydrogen-bond donors (Lipinski definition) is 1. The number of carboxylic acids is 1. The second-order valence-electron chi connectivity index (χ2n) is 4.11. The Morgan fingerprint density at radius 1 is 1.26 bits per heavy atom. The minimum Gasteiger partial charge on any atom is -0.481 e. The van der Waals surface area contributed by atoms with Crippen LogP contribution in [0.4, 0.5) is 0 Å². The number of aromatic nitrogens is 2. The fraction of sp³-hybridized carbons (Fsp3) is 0.0714. The van der Waals surface area contributed by atoms with E-state index in [0.717, 1.165) is 16.5 Å². The summed E-state index contributed by atoms with van der Waals surface area (Å²) < 4.78 is 5.44. The van der Waals surface area contributed by atoms with E-state index in [9.17, 15) is 4.79 Å². The van der Waals surface area contributed by atoms with Gasteiger partial charge in [-0.05, 0) is 6.07 Å². The molecule has 2 aromatic heterocycles. The first kappa shape index (κ1) is 11.4. The maximum absolute atomic E-state index is 10.7. The molecule has 0 amide bonds. The molecule has 0 saturated carbocycles. The van der Waals surface area contributed by atoms with Crippen molar-refractivity contribution in [2.75, 3.05) is 0 Å². The van der Waals surface area contributed by atoms with E-state index in [4.69, 9.17) is 9.52 Å². The van der Waals surface area contributed by atoms with Crippen LogP contribution >= 0.6 is 0 Å². The number of aliphatic carboxylic acids is 1. The Morgan fingerprint density at radius 2 is 2.11 bits per heavy atom. The van der Waals surface area contributed by atoms with Gasteiger partial charge in [-0.1, -0.05) is 18.2 Å². The molecule has 19 heavy (non-hydrogen) atoms. The number of hydrogen-bond acceptors (Lipinski definition) is 4. The minimum atomic E-state index is -0.927. The summed E-state index contributed by atoms with van der Waals surface area (Å²) in [6.07, 6.45) is 4.53. The quantitative estimate of drug-likeness (QED) is 0.777. The Balaban J connectivity index is 2.09. The molecular formula is C14H10N2O3. The SMILES string of the molecule is O=C(O)Cc1cncc(-c2coc3ccccc23)n1. The molecule has 0 aliphatic heterocycles. The Morgan fingerprint density at radius 3 is 2.95 bits per heavy atom. The van der Waals surface area contributed by atoms with Crippen molar-refractivity contribution in [1.82, 2.24) is 9.97 Å². The molecule has 0 spiro atoms. The van der Waals surface area contributed by atoms with Gasteiger partial charge in [0.25, 0.3) is 0 Å². The normalized spacial score (nSPS) is 10.7. The van der Waals surface area contributed by atoms with Crippen LogP contribution in [-0.2, 0) is 11.2 Å². The number of rotatable bonds is 3. The summed E-state index contributed by atoms with van der Waals surface area (Å²) in [4.78, 5) is 19.0. The lowest BCUT2D eigenvalue weighted by atomic mass is 10.1. The van der Waals surface area contributed by atoms with Crippen LogP contribution in [0.2, 0.25) is 0 Å². The van der Waals surface area contributed by atoms with Gasteiger partial charge in [0.15, 0.2) is 0 Å². The Bertz CT molecular complexity index is 749. The Labute approximate surface area is 108 Å². The van der Waals surface area contributed by atoms with Crippen molar-refractivity contribution < 1.29 is 14.3 Å². The van der Waals surface area contributed by atoms with E-state index in [1.165, 1.54) is 6.20 Å². The average Bonchev–Trinajstić information content (AvgIpc) is 2.82. The topological polar surface area (TPSA) is 76.2 Å². The van der Waals surface area contributed by atoms with Crippen molar-refractivity contribution in [2.45, 2.75) is 6.42 Å². The molecule has 5 nitrogen and oxygen atoms in total. The zero-order chi connectivity index (χ0) is 13.2. The van der Waals surface area contributed by atoms with Crippen molar-refractivity contribution in [3.05, 3.63) is 48.6 Å². The maximum Gasteiger partial charge on any atom is 0.309 e. The van der Waals surface area contributed by atoms with Crippen molar-refractivity contribution in [3.63, 3.8) is 0 Å². The largest absolute Gasteiger partial charge is 0.481 e. The predicted octanol–water partition coefficient (Wildman–Crippen LogP) is 2.52. The van der Waals surface area contributed by atoms with Crippen LogP contribution in [0.5, 0.6) is 0 Å². The molecule has 0 radical (unpaired) electrons. The average molecular weight is 254 g/mol. The van der Waals surface area contributed by atoms with Crippen LogP contribution in [0.3, 0.4) is 0 Å². The first-order valence-electron chi connectivity index (χ1n) is 5.73. The molecule has 5 heteroatoms. The summed E-state index contributed by atoms with van der Waals surface area (Å²) in [5, 5.41) is 9.71. The van der Waals surface area contributed by atoms with E-state index in [1.807, 2.05) is 24.3 Å². The maximum atomic E-state index is 10.7. The van der Waals surface area contributed by atoms with Crippen LogP contribution in [0, 0.1) is 0 Å². The number of carbonyl (C=O) groups is 1. The Hall–Kier alpha value is -2.69. The summed E-state index contributed by atoms with van der Waals surface area (Å²) in [7, 11) is 0. The minimum absolute atomic E-state index is 0.142. The first-order chi connectivity index (χ1) is 9.24. The molecule has 0 saturated heterocycles. The lowest BCUT2D eigenvalue weighted by Gasteiger charge is -2.00. The van der Waals surface area contributed by atoms with Gasteiger partial charge in [0.2, 0.25) is 0 Å². The van der Waals surface area contributed by atoms with E-state index >= 15 is 0 Å². The summed E-state index contributed by atoms with van der Waals surface area (Å²) in [5.41, 5.74) is 2.62. The second-order valence-corrected chi connectivity index (χ2v) is 4.11. The summed E-state index contributed by atoms with van der Waals surface area (Å²) in [5.74, 6) is -0.927. The molecule has 94 valence electrons. The molecule has 0 fully saturated rings. The van der Waals surface area contributed by atoms with Gasteiger partial charge in [-0.2, -0.15) is 0 Å². The van der Waals surface area contributed by atoms with Gasteiger partial charge >= 0.3 is 5.97 Å². The van der Waals surface area contributed by atoms with Crippen molar-refractivity contribution in [1.29, 1.82) is 0 Å². The van der Waals surface area contributed by atoms with Crippen molar-refractivity contribution >= 4 is 16.9 Å². The van der Waals surface area contributed by atoms with Crippen molar-refractivity contribution in [3.8, 4) is 11.3 Å². The highest BCUT2D eigenvalue weighted by Crippen LogP contribution is 2.28. The van der Waals surface area contributed by atoms with Gasteiger partial charge in [-0.25, -0.2) is 4.98 Å². The third-order valence-corrected chi connectivity index (χ3v) is 2.77. The van der Waals surface area contributed by atoms with Gasteiger partial charge in [0, 0.05) is 17.1 Å². The highest BCUT2D eigenvalue weighted by molar-refractivity contribution is 5.92. The van der Waals surface area contributed by atoms with Crippen LogP contribution in [0.25, 0.3) is 22.2 Å². The summed E-state index contributed by atoms with van der Waals surface area (Å²) in [6, 6.07) is 7.60. The highest BCUT2D eigenvalue weighted by atomic mass is 16.4. The zero-order valence-corrected chi connectivity index (χ0v) is 9.91. The number of carboxylic acid groups (broad SMARTS) is 1. The van der Waals surface area contributed by atoms with Gasteiger partial charge in [0.05, 0.1) is 24.0 Å². The molecule has 0 unspecified atom stereocenters. The zero-order valence-electron chi connectivity index (χ0n) is 9.91. The third-order valence-electron chi connectivity index (χ3n) is 2.77. The molecule has 3 rings (SSSR count). The lowest BCUT2D eigenvalue weighted by Crippen LogP contribution is -2.03. The van der Waals surface area contributed by atoms with Gasteiger partial charge in [0.1, 0.15) is 11.8 Å². The highest BCUT2D eigenvalue weighted by Gasteiger charge is 2.10. The fourth-order valence-corrected chi connectivity index (χ4v) is 1.95. The van der Waals surface area contributed by atoms with E-state index < -0.39 is 5.97 Å². The number of fused-ring (bicyclic) bond motifs is 1. The predicted molar refractivity (Wildman–Crippen MR) is 68.6 cm³/mol. The molecule has 0 atom stereocenters. The van der Waals surface area contributed by atoms with E-state index in [-0.39, 0.29) is 6.42 Å². The van der Waals surface area contributed by atoms with E-state index in [0.29, 0.717) is 11.4 Å². The summed E-state index contributed by atoms with van der Waals surface area (Å²) in [6.45, 7) is 0. The monoisotopic (exact) mass is 254 g/mol. The molecule has 1 N–H and O–H groups in total.